The second kappa shape index (κ2) is 4.91. The minimum absolute atomic E-state index is 0.0256. The Morgan fingerprint density at radius 1 is 1.42 bits per heavy atom. The van der Waals surface area contributed by atoms with E-state index in [2.05, 4.69) is 6.61 Å². The van der Waals surface area contributed by atoms with Crippen LogP contribution in [-0.4, -0.2) is 18.8 Å². The molecule has 0 aliphatic heterocycles. The Bertz CT molecular complexity index is 208. The van der Waals surface area contributed by atoms with Crippen LogP contribution in [0.5, 0.6) is 0 Å². The number of rotatable bonds is 4. The number of benzene rings is 1. The molecule has 1 unspecified atom stereocenters. The Morgan fingerprint density at radius 3 is 2.58 bits per heavy atom. The van der Waals surface area contributed by atoms with Crippen molar-refractivity contribution in [3.05, 3.63) is 42.5 Å². The minimum atomic E-state index is -0.142. The van der Waals surface area contributed by atoms with E-state index >= 15 is 0 Å². The van der Waals surface area contributed by atoms with Crippen LogP contribution < -0.4 is 0 Å². The lowest BCUT2D eigenvalue weighted by molar-refractivity contribution is 0.200. The summed E-state index contributed by atoms with van der Waals surface area (Å²) in [5.74, 6) is -0.142. The van der Waals surface area contributed by atoms with Crippen molar-refractivity contribution >= 4 is 0 Å². The molecule has 64 valence electrons. The van der Waals surface area contributed by atoms with Crippen molar-refractivity contribution in [2.45, 2.75) is 5.92 Å². The summed E-state index contributed by atoms with van der Waals surface area (Å²) in [6, 6.07) is 9.66. The zero-order chi connectivity index (χ0) is 8.81. The summed E-state index contributed by atoms with van der Waals surface area (Å²) in [6.45, 7) is 2.72. The van der Waals surface area contributed by atoms with E-state index in [-0.39, 0.29) is 12.5 Å². The molecule has 12 heavy (non-hydrogen) atoms. The van der Waals surface area contributed by atoms with E-state index in [0.717, 1.165) is 5.56 Å². The van der Waals surface area contributed by atoms with Crippen LogP contribution >= 0.6 is 0 Å². The molecular formula is C10H12O2. The van der Waals surface area contributed by atoms with Gasteiger partial charge in [-0.15, -0.1) is 0 Å². The summed E-state index contributed by atoms with van der Waals surface area (Å²) in [5.41, 5.74) is 1.02. The van der Waals surface area contributed by atoms with Gasteiger partial charge in [0, 0.05) is 13.0 Å². The van der Waals surface area contributed by atoms with Crippen molar-refractivity contribution in [1.82, 2.24) is 0 Å². The molecule has 2 radical (unpaired) electrons. The molecule has 0 amide bonds. The van der Waals surface area contributed by atoms with Crippen molar-refractivity contribution in [1.29, 1.82) is 0 Å². The van der Waals surface area contributed by atoms with Crippen molar-refractivity contribution in [3.8, 4) is 0 Å². The van der Waals surface area contributed by atoms with E-state index in [1.54, 1.807) is 0 Å². The Balaban J connectivity index is 2.66. The standard InChI is InChI=1S/C10H12O2/c1-12-8-10(7-11)9-5-3-2-4-6-9/h2-6,10-11H,7H2,1H3. The topological polar surface area (TPSA) is 29.5 Å². The van der Waals surface area contributed by atoms with Crippen LogP contribution in [0.1, 0.15) is 11.5 Å². The maximum Gasteiger partial charge on any atom is 0.142 e. The molecule has 0 aliphatic rings. The predicted molar refractivity (Wildman–Crippen MR) is 46.5 cm³/mol. The highest BCUT2D eigenvalue weighted by Gasteiger charge is 2.09. The molecule has 2 nitrogen and oxygen atoms in total. The molecule has 1 atom stereocenters. The molecule has 0 aliphatic carbocycles. The Hall–Kier alpha value is -0.860. The van der Waals surface area contributed by atoms with E-state index in [9.17, 15) is 0 Å². The van der Waals surface area contributed by atoms with Crippen molar-refractivity contribution < 1.29 is 9.84 Å². The van der Waals surface area contributed by atoms with Gasteiger partial charge in [-0.1, -0.05) is 30.3 Å². The third kappa shape index (κ3) is 2.32. The molecule has 0 aromatic heterocycles. The van der Waals surface area contributed by atoms with Gasteiger partial charge < -0.3 is 9.84 Å². The van der Waals surface area contributed by atoms with Crippen LogP contribution in [0.3, 0.4) is 0 Å². The van der Waals surface area contributed by atoms with Gasteiger partial charge in [-0.05, 0) is 5.56 Å². The van der Waals surface area contributed by atoms with Gasteiger partial charge in [0.1, 0.15) is 6.61 Å². The number of aliphatic hydroxyl groups excluding tert-OH is 1. The van der Waals surface area contributed by atoms with Gasteiger partial charge >= 0.3 is 0 Å². The van der Waals surface area contributed by atoms with Crippen molar-refractivity contribution in [2.24, 2.45) is 0 Å². The molecule has 0 fully saturated rings. The molecule has 0 bridgehead atoms. The zero-order valence-corrected chi connectivity index (χ0v) is 7.03. The van der Waals surface area contributed by atoms with Crippen LogP contribution in [0.4, 0.5) is 0 Å². The first-order valence-corrected chi connectivity index (χ1v) is 3.82. The Labute approximate surface area is 72.8 Å². The van der Waals surface area contributed by atoms with E-state index in [1.165, 1.54) is 7.11 Å². The molecule has 1 rings (SSSR count). The van der Waals surface area contributed by atoms with Gasteiger partial charge in [0.15, 0.2) is 0 Å². The first-order valence-electron chi connectivity index (χ1n) is 3.82. The maximum absolute atomic E-state index is 8.97. The molecule has 1 aromatic rings. The lowest BCUT2D eigenvalue weighted by atomic mass is 10.0. The molecule has 0 heterocycles. The van der Waals surface area contributed by atoms with E-state index in [0.29, 0.717) is 0 Å². The van der Waals surface area contributed by atoms with Crippen molar-refractivity contribution in [2.75, 3.05) is 13.7 Å². The maximum atomic E-state index is 8.97. The van der Waals surface area contributed by atoms with Gasteiger partial charge in [-0.2, -0.15) is 0 Å². The Kier molecular flexibility index (Phi) is 3.77. The minimum Gasteiger partial charge on any atom is -0.396 e. The number of ether oxygens (including phenoxy) is 1. The second-order valence-corrected chi connectivity index (χ2v) is 2.47. The molecular weight excluding hydrogens is 152 g/mol. The molecule has 0 saturated heterocycles. The molecule has 0 saturated carbocycles. The summed E-state index contributed by atoms with van der Waals surface area (Å²) in [7, 11) is 1.53. The number of hydrogen-bond donors (Lipinski definition) is 1. The van der Waals surface area contributed by atoms with Crippen LogP contribution in [0.15, 0.2) is 30.3 Å². The zero-order valence-electron chi connectivity index (χ0n) is 7.03. The highest BCUT2D eigenvalue weighted by molar-refractivity contribution is 5.21. The Morgan fingerprint density at radius 2 is 2.08 bits per heavy atom. The first kappa shape index (κ1) is 9.23. The predicted octanol–water partition coefficient (Wildman–Crippen LogP) is 1.45. The fourth-order valence-electron chi connectivity index (χ4n) is 1.04. The average molecular weight is 164 g/mol. The molecule has 0 spiro atoms. The normalized spacial score (nSPS) is 12.8. The summed E-state index contributed by atoms with van der Waals surface area (Å²) in [6.07, 6.45) is 0. The van der Waals surface area contributed by atoms with Gasteiger partial charge in [0.2, 0.25) is 0 Å². The lowest BCUT2D eigenvalue weighted by Crippen LogP contribution is -2.05. The molecule has 1 N–H and O–H groups in total. The number of aliphatic hydroxyl groups is 1. The largest absolute Gasteiger partial charge is 0.396 e. The van der Waals surface area contributed by atoms with Crippen LogP contribution in [0.2, 0.25) is 0 Å². The third-order valence-corrected chi connectivity index (χ3v) is 1.64. The van der Waals surface area contributed by atoms with Gasteiger partial charge in [0.25, 0.3) is 0 Å². The summed E-state index contributed by atoms with van der Waals surface area (Å²) in [4.78, 5) is 0. The van der Waals surface area contributed by atoms with Gasteiger partial charge in [0.05, 0.1) is 6.61 Å². The van der Waals surface area contributed by atoms with Crippen LogP contribution in [0.25, 0.3) is 0 Å². The van der Waals surface area contributed by atoms with E-state index in [1.807, 2.05) is 30.3 Å². The lowest BCUT2D eigenvalue weighted by Gasteiger charge is -2.10. The van der Waals surface area contributed by atoms with Crippen LogP contribution in [0, 0.1) is 6.61 Å². The summed E-state index contributed by atoms with van der Waals surface area (Å²) < 4.78 is 4.74. The smallest absolute Gasteiger partial charge is 0.142 e. The number of methoxy groups -OCH3 is 1. The van der Waals surface area contributed by atoms with Gasteiger partial charge in [-0.3, -0.25) is 0 Å². The summed E-state index contributed by atoms with van der Waals surface area (Å²) in [5, 5.41) is 8.97. The van der Waals surface area contributed by atoms with E-state index < -0.39 is 0 Å². The number of hydrogen-bond acceptors (Lipinski definition) is 2. The van der Waals surface area contributed by atoms with Gasteiger partial charge in [-0.25, -0.2) is 0 Å². The monoisotopic (exact) mass is 164 g/mol. The quantitative estimate of drug-likeness (QED) is 0.729. The SMILES string of the molecule is CO[C]C(CO)c1ccccc1. The molecule has 1 aromatic carbocycles. The second-order valence-electron chi connectivity index (χ2n) is 2.47. The summed E-state index contributed by atoms with van der Waals surface area (Å²) >= 11 is 0. The first-order chi connectivity index (χ1) is 5.88. The third-order valence-electron chi connectivity index (χ3n) is 1.64. The average Bonchev–Trinajstić information content (AvgIpc) is 2.15. The van der Waals surface area contributed by atoms with E-state index in [4.69, 9.17) is 9.84 Å². The highest BCUT2D eigenvalue weighted by atomic mass is 16.5. The molecule has 2 heteroatoms. The fraction of sp³-hybridized carbons (Fsp3) is 0.300. The highest BCUT2D eigenvalue weighted by Crippen LogP contribution is 2.17. The van der Waals surface area contributed by atoms with Crippen LogP contribution in [-0.2, 0) is 4.74 Å². The van der Waals surface area contributed by atoms with Crippen molar-refractivity contribution in [3.63, 3.8) is 0 Å². The fourth-order valence-corrected chi connectivity index (χ4v) is 1.04.